The molecular weight excluding hydrogens is 256 g/mol. The predicted molar refractivity (Wildman–Crippen MR) is 95.7 cm³/mol. The summed E-state index contributed by atoms with van der Waals surface area (Å²) in [6.07, 6.45) is 19.1. The Kier molecular flexibility index (Phi) is 15.4. The Hall–Kier alpha value is -0.560. The molecule has 0 aromatic rings. The van der Waals surface area contributed by atoms with E-state index in [1.165, 1.54) is 51.4 Å². The number of ether oxygens (including phenoxy) is 1. The van der Waals surface area contributed by atoms with E-state index < -0.39 is 0 Å². The van der Waals surface area contributed by atoms with Gasteiger partial charge in [-0.15, -0.1) is 0 Å². The second kappa shape index (κ2) is 15.8. The molecule has 124 valence electrons. The first-order valence-electron chi connectivity index (χ1n) is 9.11. The Labute approximate surface area is 133 Å². The second-order valence-corrected chi connectivity index (χ2v) is 6.29. The minimum Gasteiger partial charge on any atom is -0.381 e. The summed E-state index contributed by atoms with van der Waals surface area (Å²) in [4.78, 5) is 0. The van der Waals surface area contributed by atoms with Crippen LogP contribution < -0.4 is 0 Å². The van der Waals surface area contributed by atoms with Crippen molar-refractivity contribution in [2.45, 2.75) is 79.1 Å². The van der Waals surface area contributed by atoms with Crippen molar-refractivity contribution in [3.8, 4) is 0 Å². The first-order valence-corrected chi connectivity index (χ1v) is 9.11. The van der Waals surface area contributed by atoms with Crippen LogP contribution in [0, 0.1) is 11.8 Å². The lowest BCUT2D eigenvalue weighted by molar-refractivity contribution is 0.123. The highest BCUT2D eigenvalue weighted by Crippen LogP contribution is 2.10. The summed E-state index contributed by atoms with van der Waals surface area (Å²) in [5, 5.41) is 0. The zero-order valence-electron chi connectivity index (χ0n) is 14.9. The molecule has 2 atom stereocenters. The molecule has 1 heteroatoms. The molecule has 0 aromatic carbocycles. The summed E-state index contributed by atoms with van der Waals surface area (Å²) in [6, 6.07) is 0. The van der Waals surface area contributed by atoms with Crippen LogP contribution in [0.4, 0.5) is 0 Å². The fourth-order valence-corrected chi connectivity index (χ4v) is 2.30. The van der Waals surface area contributed by atoms with E-state index in [0.717, 1.165) is 13.2 Å². The van der Waals surface area contributed by atoms with Crippen LogP contribution in [0.2, 0.25) is 0 Å². The van der Waals surface area contributed by atoms with E-state index in [1.807, 2.05) is 0 Å². The maximum Gasteiger partial charge on any atom is 0.0466 e. The molecule has 0 spiro atoms. The summed E-state index contributed by atoms with van der Waals surface area (Å²) in [5.41, 5.74) is 0. The van der Waals surface area contributed by atoms with E-state index in [9.17, 15) is 0 Å². The lowest BCUT2D eigenvalue weighted by atomic mass is 10.0. The number of rotatable bonds is 14. The molecule has 0 aliphatic carbocycles. The molecule has 0 amide bonds. The zero-order valence-corrected chi connectivity index (χ0v) is 14.9. The average Bonchev–Trinajstić information content (AvgIpc) is 2.47. The quantitative estimate of drug-likeness (QED) is 0.261. The Morgan fingerprint density at radius 2 is 1.19 bits per heavy atom. The molecule has 0 heterocycles. The van der Waals surface area contributed by atoms with Crippen LogP contribution in [-0.2, 0) is 4.74 Å². The number of allylic oxidation sites excluding steroid dienone is 4. The van der Waals surface area contributed by atoms with E-state index in [2.05, 4.69) is 52.0 Å². The van der Waals surface area contributed by atoms with Crippen molar-refractivity contribution in [3.05, 3.63) is 24.3 Å². The summed E-state index contributed by atoms with van der Waals surface area (Å²) >= 11 is 0. The van der Waals surface area contributed by atoms with E-state index in [-0.39, 0.29) is 0 Å². The summed E-state index contributed by atoms with van der Waals surface area (Å²) in [5.74, 6) is 1.40. The SMILES string of the molecule is CCCC=CC(C)CCCOCCCC(C)C=CCCC. The number of hydrogen-bond acceptors (Lipinski definition) is 1. The van der Waals surface area contributed by atoms with Crippen molar-refractivity contribution in [1.82, 2.24) is 0 Å². The molecule has 0 aromatic heterocycles. The fourth-order valence-electron chi connectivity index (χ4n) is 2.30. The molecule has 2 unspecified atom stereocenters. The van der Waals surface area contributed by atoms with Gasteiger partial charge in [0.15, 0.2) is 0 Å². The lowest BCUT2D eigenvalue weighted by Crippen LogP contribution is -2.01. The van der Waals surface area contributed by atoms with Gasteiger partial charge in [-0.05, 0) is 50.4 Å². The molecular formula is C20H38O. The highest BCUT2D eigenvalue weighted by atomic mass is 16.5. The smallest absolute Gasteiger partial charge is 0.0466 e. The molecule has 21 heavy (non-hydrogen) atoms. The minimum atomic E-state index is 0.698. The third kappa shape index (κ3) is 15.6. The molecule has 0 saturated heterocycles. The Morgan fingerprint density at radius 1 is 0.762 bits per heavy atom. The molecule has 0 rings (SSSR count). The van der Waals surface area contributed by atoms with Crippen molar-refractivity contribution >= 4 is 0 Å². The van der Waals surface area contributed by atoms with Crippen molar-refractivity contribution in [2.24, 2.45) is 11.8 Å². The summed E-state index contributed by atoms with van der Waals surface area (Å²) in [6.45, 7) is 10.9. The normalized spacial score (nSPS) is 15.0. The highest BCUT2D eigenvalue weighted by molar-refractivity contribution is 4.86. The van der Waals surface area contributed by atoms with Gasteiger partial charge in [0.25, 0.3) is 0 Å². The fraction of sp³-hybridized carbons (Fsp3) is 0.800. The lowest BCUT2D eigenvalue weighted by Gasteiger charge is -2.09. The molecule has 0 N–H and O–H groups in total. The molecule has 0 aliphatic heterocycles. The molecule has 0 fully saturated rings. The van der Waals surface area contributed by atoms with E-state index in [4.69, 9.17) is 4.74 Å². The molecule has 0 saturated carbocycles. The van der Waals surface area contributed by atoms with E-state index in [0.29, 0.717) is 11.8 Å². The van der Waals surface area contributed by atoms with Crippen LogP contribution in [0.5, 0.6) is 0 Å². The van der Waals surface area contributed by atoms with Crippen LogP contribution >= 0.6 is 0 Å². The maximum atomic E-state index is 5.74. The summed E-state index contributed by atoms with van der Waals surface area (Å²) < 4.78 is 5.74. The van der Waals surface area contributed by atoms with Crippen molar-refractivity contribution in [3.63, 3.8) is 0 Å². The summed E-state index contributed by atoms with van der Waals surface area (Å²) in [7, 11) is 0. The van der Waals surface area contributed by atoms with Crippen molar-refractivity contribution in [1.29, 1.82) is 0 Å². The van der Waals surface area contributed by atoms with Crippen LogP contribution in [0.15, 0.2) is 24.3 Å². The Morgan fingerprint density at radius 3 is 1.57 bits per heavy atom. The van der Waals surface area contributed by atoms with Crippen LogP contribution in [0.25, 0.3) is 0 Å². The van der Waals surface area contributed by atoms with Gasteiger partial charge in [-0.1, -0.05) is 64.8 Å². The average molecular weight is 295 g/mol. The Bertz CT molecular complexity index is 229. The van der Waals surface area contributed by atoms with Crippen LogP contribution in [0.3, 0.4) is 0 Å². The standard InChI is InChI=1S/C20H38O/c1-5-7-9-13-19(3)15-11-17-21-18-12-16-20(4)14-10-8-6-2/h9-10,13-14,19-20H,5-8,11-12,15-18H2,1-4H3. The third-order valence-electron chi connectivity index (χ3n) is 3.74. The first-order chi connectivity index (χ1) is 10.2. The van der Waals surface area contributed by atoms with Gasteiger partial charge in [0, 0.05) is 13.2 Å². The van der Waals surface area contributed by atoms with E-state index in [1.54, 1.807) is 0 Å². The second-order valence-electron chi connectivity index (χ2n) is 6.29. The minimum absolute atomic E-state index is 0.698. The molecule has 0 aliphatic rings. The topological polar surface area (TPSA) is 9.23 Å². The van der Waals surface area contributed by atoms with Crippen molar-refractivity contribution < 1.29 is 4.74 Å². The maximum absolute atomic E-state index is 5.74. The Balaban J connectivity index is 3.36. The number of unbranched alkanes of at least 4 members (excludes halogenated alkanes) is 2. The van der Waals surface area contributed by atoms with Gasteiger partial charge in [0.2, 0.25) is 0 Å². The van der Waals surface area contributed by atoms with Gasteiger partial charge in [0.1, 0.15) is 0 Å². The largest absolute Gasteiger partial charge is 0.381 e. The van der Waals surface area contributed by atoms with Crippen LogP contribution in [-0.4, -0.2) is 13.2 Å². The first kappa shape index (κ1) is 20.4. The van der Waals surface area contributed by atoms with Gasteiger partial charge >= 0.3 is 0 Å². The van der Waals surface area contributed by atoms with Gasteiger partial charge in [-0.2, -0.15) is 0 Å². The predicted octanol–water partition coefficient (Wildman–Crippen LogP) is 6.55. The van der Waals surface area contributed by atoms with E-state index >= 15 is 0 Å². The monoisotopic (exact) mass is 294 g/mol. The molecule has 0 bridgehead atoms. The molecule has 0 radical (unpaired) electrons. The highest BCUT2D eigenvalue weighted by Gasteiger charge is 1.99. The molecule has 1 nitrogen and oxygen atoms in total. The van der Waals surface area contributed by atoms with Gasteiger partial charge in [-0.3, -0.25) is 0 Å². The van der Waals surface area contributed by atoms with Crippen LogP contribution in [0.1, 0.15) is 79.1 Å². The number of hydrogen-bond donors (Lipinski definition) is 0. The zero-order chi connectivity index (χ0) is 15.8. The van der Waals surface area contributed by atoms with Gasteiger partial charge in [0.05, 0.1) is 0 Å². The van der Waals surface area contributed by atoms with Gasteiger partial charge in [-0.25, -0.2) is 0 Å². The van der Waals surface area contributed by atoms with Crippen molar-refractivity contribution in [2.75, 3.05) is 13.2 Å². The third-order valence-corrected chi connectivity index (χ3v) is 3.74. The van der Waals surface area contributed by atoms with Gasteiger partial charge < -0.3 is 4.74 Å².